The van der Waals surface area contributed by atoms with Gasteiger partial charge in [-0.25, -0.2) is 0 Å². The summed E-state index contributed by atoms with van der Waals surface area (Å²) < 4.78 is 0.624. The summed E-state index contributed by atoms with van der Waals surface area (Å²) in [5.74, 6) is 0.194. The Kier molecular flexibility index (Phi) is 6.11. The number of phenolic OH excluding ortho intramolecular Hbond substituents is 1. The van der Waals surface area contributed by atoms with E-state index in [1.165, 1.54) is 0 Å². The number of rotatable bonds is 3. The van der Waals surface area contributed by atoms with Crippen molar-refractivity contribution in [1.29, 1.82) is 0 Å². The van der Waals surface area contributed by atoms with Crippen LogP contribution in [0.15, 0.2) is 22.7 Å². The number of nitrogens with two attached hydrogens (primary N) is 1. The molecule has 0 aliphatic carbocycles. The van der Waals surface area contributed by atoms with Gasteiger partial charge in [0.15, 0.2) is 0 Å². The van der Waals surface area contributed by atoms with Crippen molar-refractivity contribution in [3.8, 4) is 5.75 Å². The van der Waals surface area contributed by atoms with Crippen LogP contribution in [0.2, 0.25) is 0 Å². The molecule has 0 amide bonds. The molecule has 3 nitrogen and oxygen atoms in total. The number of halogens is 2. The Morgan fingerprint density at radius 2 is 2.07 bits per heavy atom. The average Bonchev–Trinajstić information content (AvgIpc) is 2.10. The van der Waals surface area contributed by atoms with Gasteiger partial charge in [0.05, 0.1) is 4.47 Å². The summed E-state index contributed by atoms with van der Waals surface area (Å²) in [5, 5.41) is 17.9. The van der Waals surface area contributed by atoms with E-state index in [1.807, 2.05) is 0 Å². The molecule has 0 heterocycles. The number of hydrogen-bond acceptors (Lipinski definition) is 3. The Hall–Kier alpha value is -0.290. The van der Waals surface area contributed by atoms with Gasteiger partial charge in [-0.2, -0.15) is 0 Å². The van der Waals surface area contributed by atoms with Crippen LogP contribution in [-0.2, 0) is 0 Å². The van der Waals surface area contributed by atoms with Crippen LogP contribution in [0.1, 0.15) is 18.0 Å². The fourth-order valence-corrected chi connectivity index (χ4v) is 1.46. The number of phenols is 1. The lowest BCUT2D eigenvalue weighted by atomic mass is 10.1. The molecule has 0 unspecified atom stereocenters. The van der Waals surface area contributed by atoms with Crippen LogP contribution in [0.25, 0.3) is 0 Å². The topological polar surface area (TPSA) is 66.5 Å². The van der Waals surface area contributed by atoms with Gasteiger partial charge in [0, 0.05) is 12.6 Å². The minimum atomic E-state index is -0.179. The van der Waals surface area contributed by atoms with Crippen molar-refractivity contribution in [2.75, 3.05) is 6.61 Å². The molecule has 0 fully saturated rings. The molecule has 1 rings (SSSR count). The van der Waals surface area contributed by atoms with E-state index in [4.69, 9.17) is 10.8 Å². The summed E-state index contributed by atoms with van der Waals surface area (Å²) in [4.78, 5) is 0. The first-order chi connectivity index (χ1) is 6.15. The lowest BCUT2D eigenvalue weighted by Gasteiger charge is -2.10. The second-order valence-corrected chi connectivity index (χ2v) is 3.68. The summed E-state index contributed by atoms with van der Waals surface area (Å²) in [5.41, 5.74) is 6.66. The summed E-state index contributed by atoms with van der Waals surface area (Å²) in [6, 6.07) is 4.91. The highest BCUT2D eigenvalue weighted by atomic mass is 79.9. The molecule has 0 aliphatic rings. The Labute approximate surface area is 97.5 Å². The van der Waals surface area contributed by atoms with Gasteiger partial charge in [0.1, 0.15) is 5.75 Å². The Balaban J connectivity index is 0.00000169. The fraction of sp³-hybridized carbons (Fsp3) is 0.333. The highest BCUT2D eigenvalue weighted by molar-refractivity contribution is 9.10. The first-order valence-corrected chi connectivity index (χ1v) is 4.79. The first kappa shape index (κ1) is 13.7. The maximum absolute atomic E-state index is 9.22. The summed E-state index contributed by atoms with van der Waals surface area (Å²) in [6.07, 6.45) is 0.525. The molecule has 0 spiro atoms. The zero-order valence-corrected chi connectivity index (χ0v) is 9.88. The van der Waals surface area contributed by atoms with Crippen LogP contribution >= 0.6 is 28.3 Å². The second kappa shape index (κ2) is 6.24. The highest BCUT2D eigenvalue weighted by Gasteiger charge is 2.06. The van der Waals surface area contributed by atoms with Crippen LogP contribution in [-0.4, -0.2) is 16.8 Å². The molecule has 1 aromatic rings. The number of aromatic hydroxyl groups is 1. The molecular weight excluding hydrogens is 269 g/mol. The lowest BCUT2D eigenvalue weighted by Crippen LogP contribution is -2.11. The lowest BCUT2D eigenvalue weighted by molar-refractivity contribution is 0.276. The van der Waals surface area contributed by atoms with Gasteiger partial charge < -0.3 is 15.9 Å². The van der Waals surface area contributed by atoms with Crippen molar-refractivity contribution >= 4 is 28.3 Å². The van der Waals surface area contributed by atoms with Crippen molar-refractivity contribution in [3.63, 3.8) is 0 Å². The second-order valence-electron chi connectivity index (χ2n) is 2.83. The average molecular weight is 283 g/mol. The predicted molar refractivity (Wildman–Crippen MR) is 61.7 cm³/mol. The Morgan fingerprint density at radius 3 is 2.57 bits per heavy atom. The minimum Gasteiger partial charge on any atom is -0.507 e. The zero-order chi connectivity index (χ0) is 9.84. The van der Waals surface area contributed by atoms with E-state index in [0.717, 1.165) is 5.56 Å². The molecule has 0 saturated heterocycles. The van der Waals surface area contributed by atoms with Crippen molar-refractivity contribution < 1.29 is 10.2 Å². The third-order valence-electron chi connectivity index (χ3n) is 1.84. The third-order valence-corrected chi connectivity index (χ3v) is 2.48. The normalized spacial score (nSPS) is 11.9. The SMILES string of the molecule is Cl.N[C@@H](CCO)c1ccc(O)c(Br)c1. The minimum absolute atomic E-state index is 0. The molecule has 0 radical (unpaired) electrons. The van der Waals surface area contributed by atoms with Crippen LogP contribution in [0, 0.1) is 0 Å². The summed E-state index contributed by atoms with van der Waals surface area (Å²) in [6.45, 7) is 0.0691. The molecule has 0 saturated carbocycles. The summed E-state index contributed by atoms with van der Waals surface area (Å²) in [7, 11) is 0. The van der Waals surface area contributed by atoms with E-state index in [9.17, 15) is 5.11 Å². The quantitative estimate of drug-likeness (QED) is 0.794. The zero-order valence-electron chi connectivity index (χ0n) is 7.48. The fourth-order valence-electron chi connectivity index (χ4n) is 1.06. The number of aliphatic hydroxyl groups is 1. The van der Waals surface area contributed by atoms with E-state index >= 15 is 0 Å². The molecule has 4 N–H and O–H groups in total. The first-order valence-electron chi connectivity index (χ1n) is 4.00. The van der Waals surface area contributed by atoms with Crippen molar-refractivity contribution in [2.24, 2.45) is 5.73 Å². The van der Waals surface area contributed by atoms with E-state index in [0.29, 0.717) is 10.9 Å². The van der Waals surface area contributed by atoms with Gasteiger partial charge >= 0.3 is 0 Å². The smallest absolute Gasteiger partial charge is 0.129 e. The Morgan fingerprint density at radius 1 is 1.43 bits per heavy atom. The Bertz CT molecular complexity index is 296. The van der Waals surface area contributed by atoms with E-state index in [1.54, 1.807) is 18.2 Å². The maximum Gasteiger partial charge on any atom is 0.129 e. The van der Waals surface area contributed by atoms with Gasteiger partial charge in [0.25, 0.3) is 0 Å². The number of aliphatic hydroxyl groups excluding tert-OH is 1. The van der Waals surface area contributed by atoms with Crippen LogP contribution in [0.4, 0.5) is 0 Å². The standard InChI is InChI=1S/C9H12BrNO2.ClH/c10-7-5-6(1-2-9(7)13)8(11)3-4-12;/h1-2,5,8,12-13H,3-4,11H2;1H/t8-;/m0./s1. The molecule has 14 heavy (non-hydrogen) atoms. The maximum atomic E-state index is 9.22. The van der Waals surface area contributed by atoms with Crippen molar-refractivity contribution in [2.45, 2.75) is 12.5 Å². The van der Waals surface area contributed by atoms with Crippen LogP contribution < -0.4 is 5.73 Å². The molecule has 1 aromatic carbocycles. The van der Waals surface area contributed by atoms with Gasteiger partial charge in [-0.1, -0.05) is 6.07 Å². The predicted octanol–water partition coefficient (Wildman–Crippen LogP) is 1.96. The molecule has 0 aliphatic heterocycles. The van der Waals surface area contributed by atoms with Gasteiger partial charge in [-0.15, -0.1) is 12.4 Å². The number of benzene rings is 1. The molecule has 5 heteroatoms. The molecule has 0 bridgehead atoms. The largest absolute Gasteiger partial charge is 0.507 e. The van der Waals surface area contributed by atoms with Crippen molar-refractivity contribution in [1.82, 2.24) is 0 Å². The van der Waals surface area contributed by atoms with E-state index in [-0.39, 0.29) is 30.8 Å². The van der Waals surface area contributed by atoms with Crippen LogP contribution in [0.3, 0.4) is 0 Å². The van der Waals surface area contributed by atoms with Gasteiger partial charge in [-0.3, -0.25) is 0 Å². The van der Waals surface area contributed by atoms with Gasteiger partial charge in [0.2, 0.25) is 0 Å². The molecular formula is C9H13BrClNO2. The van der Waals surface area contributed by atoms with E-state index < -0.39 is 0 Å². The molecule has 1 atom stereocenters. The third kappa shape index (κ3) is 3.46. The number of hydrogen-bond donors (Lipinski definition) is 3. The summed E-state index contributed by atoms with van der Waals surface area (Å²) >= 11 is 3.20. The molecule has 80 valence electrons. The van der Waals surface area contributed by atoms with Gasteiger partial charge in [-0.05, 0) is 40.0 Å². The molecule has 0 aromatic heterocycles. The monoisotopic (exact) mass is 281 g/mol. The van der Waals surface area contributed by atoms with Crippen LogP contribution in [0.5, 0.6) is 5.75 Å². The van der Waals surface area contributed by atoms with Crippen molar-refractivity contribution in [3.05, 3.63) is 28.2 Å². The van der Waals surface area contributed by atoms with E-state index in [2.05, 4.69) is 15.9 Å². The highest BCUT2D eigenvalue weighted by Crippen LogP contribution is 2.27.